The number of hydrogen-bond donors (Lipinski definition) is 0. The number of allylic oxidation sites excluding steroid dienone is 3. The predicted molar refractivity (Wildman–Crippen MR) is 67.7 cm³/mol. The third-order valence-corrected chi connectivity index (χ3v) is 2.02. The van der Waals surface area contributed by atoms with E-state index in [1.807, 2.05) is 30.3 Å². The minimum absolute atomic E-state index is 0.434. The molecule has 1 rings (SSSR count). The molecular weight excluding hydrogens is 204 g/mol. The van der Waals surface area contributed by atoms with E-state index in [4.69, 9.17) is 17.0 Å². The molecule has 0 fully saturated rings. The van der Waals surface area contributed by atoms with Crippen molar-refractivity contribution in [1.29, 1.82) is 0 Å². The van der Waals surface area contributed by atoms with Crippen molar-refractivity contribution in [2.24, 2.45) is 0 Å². The molecule has 0 atom stereocenters. The van der Waals surface area contributed by atoms with Gasteiger partial charge in [0.1, 0.15) is 5.76 Å². The van der Waals surface area contributed by atoms with Gasteiger partial charge in [-0.15, -0.1) is 0 Å². The second-order valence-electron chi connectivity index (χ2n) is 2.76. The quantitative estimate of drug-likeness (QED) is 0.432. The maximum absolute atomic E-state index is 5.43. The molecule has 1 aromatic rings. The molecule has 0 heterocycles. The molecule has 0 radical (unpaired) electrons. The standard InChI is InChI=1S/C13H12OS/c1-3-8-12(4-2)14-13(15)11-9-6-5-7-10-11/h3-10H,1-2H2/b12-8+. The van der Waals surface area contributed by atoms with Gasteiger partial charge in [0.05, 0.1) is 0 Å². The number of rotatable bonds is 4. The van der Waals surface area contributed by atoms with Crippen LogP contribution in [-0.2, 0) is 4.74 Å². The Kier molecular flexibility index (Phi) is 4.51. The molecule has 15 heavy (non-hydrogen) atoms. The van der Waals surface area contributed by atoms with Crippen LogP contribution in [0.5, 0.6) is 0 Å². The Morgan fingerprint density at radius 2 is 1.87 bits per heavy atom. The Balaban J connectivity index is 2.75. The lowest BCUT2D eigenvalue weighted by Gasteiger charge is -2.06. The van der Waals surface area contributed by atoms with Crippen molar-refractivity contribution in [2.45, 2.75) is 0 Å². The van der Waals surface area contributed by atoms with Gasteiger partial charge >= 0.3 is 0 Å². The number of ether oxygens (including phenoxy) is 1. The van der Waals surface area contributed by atoms with Gasteiger partial charge in [-0.1, -0.05) is 49.6 Å². The molecule has 0 unspecified atom stereocenters. The Morgan fingerprint density at radius 1 is 1.20 bits per heavy atom. The maximum atomic E-state index is 5.43. The van der Waals surface area contributed by atoms with E-state index in [2.05, 4.69) is 13.2 Å². The highest BCUT2D eigenvalue weighted by Crippen LogP contribution is 2.08. The average Bonchev–Trinajstić information content (AvgIpc) is 2.29. The highest BCUT2D eigenvalue weighted by molar-refractivity contribution is 7.80. The lowest BCUT2D eigenvalue weighted by atomic mass is 10.2. The van der Waals surface area contributed by atoms with Crippen LogP contribution in [0.3, 0.4) is 0 Å². The summed E-state index contributed by atoms with van der Waals surface area (Å²) < 4.78 is 5.43. The van der Waals surface area contributed by atoms with Gasteiger partial charge in [0.25, 0.3) is 0 Å². The summed E-state index contributed by atoms with van der Waals surface area (Å²) in [6, 6.07) is 9.56. The van der Waals surface area contributed by atoms with E-state index < -0.39 is 0 Å². The summed E-state index contributed by atoms with van der Waals surface area (Å²) in [5.41, 5.74) is 0.879. The highest BCUT2D eigenvalue weighted by Gasteiger charge is 2.02. The van der Waals surface area contributed by atoms with Crippen molar-refractivity contribution in [3.8, 4) is 0 Å². The van der Waals surface area contributed by atoms with Crippen LogP contribution in [0.15, 0.2) is 67.5 Å². The topological polar surface area (TPSA) is 9.23 Å². The van der Waals surface area contributed by atoms with Gasteiger partial charge in [-0.3, -0.25) is 0 Å². The zero-order valence-electron chi connectivity index (χ0n) is 8.35. The molecule has 76 valence electrons. The Morgan fingerprint density at radius 3 is 2.40 bits per heavy atom. The number of hydrogen-bond acceptors (Lipinski definition) is 2. The second-order valence-corrected chi connectivity index (χ2v) is 3.14. The molecule has 0 bridgehead atoms. The summed E-state index contributed by atoms with van der Waals surface area (Å²) in [7, 11) is 0. The van der Waals surface area contributed by atoms with Crippen molar-refractivity contribution in [3.05, 3.63) is 73.0 Å². The first kappa shape index (κ1) is 11.4. The monoisotopic (exact) mass is 216 g/mol. The average molecular weight is 216 g/mol. The summed E-state index contributed by atoms with van der Waals surface area (Å²) in [6.07, 6.45) is 4.93. The maximum Gasteiger partial charge on any atom is 0.198 e. The molecule has 2 heteroatoms. The fourth-order valence-electron chi connectivity index (χ4n) is 1.00. The SMILES string of the molecule is C=C/C=C(\C=C)OC(=S)c1ccccc1. The molecule has 0 aliphatic heterocycles. The number of thiocarbonyl (C=S) groups is 1. The molecule has 0 spiro atoms. The van der Waals surface area contributed by atoms with Crippen LogP contribution in [0.2, 0.25) is 0 Å². The fraction of sp³-hybridized carbons (Fsp3) is 0. The Bertz CT molecular complexity index is 390. The summed E-state index contributed by atoms with van der Waals surface area (Å²) in [5, 5.41) is 0.434. The largest absolute Gasteiger partial charge is 0.445 e. The van der Waals surface area contributed by atoms with Gasteiger partial charge in [-0.05, 0) is 24.4 Å². The van der Waals surface area contributed by atoms with Crippen LogP contribution in [0.4, 0.5) is 0 Å². The highest BCUT2D eigenvalue weighted by atomic mass is 32.1. The third-order valence-electron chi connectivity index (χ3n) is 1.70. The van der Waals surface area contributed by atoms with Crippen molar-refractivity contribution in [3.63, 3.8) is 0 Å². The van der Waals surface area contributed by atoms with Crippen LogP contribution in [-0.4, -0.2) is 5.05 Å². The predicted octanol–water partition coefficient (Wildman–Crippen LogP) is 3.63. The van der Waals surface area contributed by atoms with Crippen molar-refractivity contribution >= 4 is 17.3 Å². The molecule has 0 aromatic heterocycles. The van der Waals surface area contributed by atoms with Crippen molar-refractivity contribution in [1.82, 2.24) is 0 Å². The van der Waals surface area contributed by atoms with Crippen LogP contribution in [0.1, 0.15) is 5.56 Å². The third kappa shape index (κ3) is 3.52. The summed E-state index contributed by atoms with van der Waals surface area (Å²) in [6.45, 7) is 7.21. The van der Waals surface area contributed by atoms with E-state index in [1.165, 1.54) is 0 Å². The minimum Gasteiger partial charge on any atom is -0.445 e. The van der Waals surface area contributed by atoms with E-state index in [9.17, 15) is 0 Å². The lowest BCUT2D eigenvalue weighted by Crippen LogP contribution is -2.01. The van der Waals surface area contributed by atoms with Gasteiger partial charge in [-0.25, -0.2) is 0 Å². The zero-order valence-corrected chi connectivity index (χ0v) is 9.17. The van der Waals surface area contributed by atoms with E-state index in [-0.39, 0.29) is 0 Å². The van der Waals surface area contributed by atoms with Crippen molar-refractivity contribution < 1.29 is 4.74 Å². The van der Waals surface area contributed by atoms with Crippen LogP contribution in [0, 0.1) is 0 Å². The van der Waals surface area contributed by atoms with Crippen LogP contribution in [0.25, 0.3) is 0 Å². The van der Waals surface area contributed by atoms with Crippen LogP contribution >= 0.6 is 12.2 Å². The fourth-order valence-corrected chi connectivity index (χ4v) is 1.23. The summed E-state index contributed by atoms with van der Waals surface area (Å²) >= 11 is 5.13. The lowest BCUT2D eigenvalue weighted by molar-refractivity contribution is 0.448. The first-order valence-electron chi connectivity index (χ1n) is 4.50. The molecule has 0 aliphatic carbocycles. The van der Waals surface area contributed by atoms with E-state index in [1.54, 1.807) is 18.2 Å². The first-order chi connectivity index (χ1) is 7.27. The normalized spacial score (nSPS) is 10.5. The van der Waals surface area contributed by atoms with Gasteiger partial charge in [-0.2, -0.15) is 0 Å². The van der Waals surface area contributed by atoms with E-state index in [0.717, 1.165) is 5.56 Å². The zero-order chi connectivity index (χ0) is 11.1. The van der Waals surface area contributed by atoms with Crippen LogP contribution < -0.4 is 0 Å². The first-order valence-corrected chi connectivity index (χ1v) is 4.91. The molecule has 0 aliphatic rings. The Labute approximate surface area is 95.4 Å². The number of benzene rings is 1. The Hall–Kier alpha value is -1.67. The molecule has 0 amide bonds. The molecule has 0 saturated heterocycles. The molecule has 1 aromatic carbocycles. The smallest absolute Gasteiger partial charge is 0.198 e. The van der Waals surface area contributed by atoms with E-state index in [0.29, 0.717) is 10.8 Å². The van der Waals surface area contributed by atoms with Gasteiger partial charge in [0, 0.05) is 5.56 Å². The van der Waals surface area contributed by atoms with Gasteiger partial charge in [0.15, 0.2) is 5.05 Å². The van der Waals surface area contributed by atoms with E-state index >= 15 is 0 Å². The minimum atomic E-state index is 0.434. The molecule has 1 nitrogen and oxygen atoms in total. The molecule has 0 saturated carbocycles. The summed E-state index contributed by atoms with van der Waals surface area (Å²) in [4.78, 5) is 0. The summed E-state index contributed by atoms with van der Waals surface area (Å²) in [5.74, 6) is 0.596. The van der Waals surface area contributed by atoms with Gasteiger partial charge in [0.2, 0.25) is 0 Å². The molecule has 0 N–H and O–H groups in total. The second kappa shape index (κ2) is 5.94. The van der Waals surface area contributed by atoms with Gasteiger partial charge < -0.3 is 4.74 Å². The molecular formula is C13H12OS. The van der Waals surface area contributed by atoms with Crippen molar-refractivity contribution in [2.75, 3.05) is 0 Å².